The number of pyridine rings is 1. The maximum absolute atomic E-state index is 13.6. The summed E-state index contributed by atoms with van der Waals surface area (Å²) < 4.78 is 46.4. The van der Waals surface area contributed by atoms with Crippen molar-refractivity contribution < 1.29 is 22.7 Å². The summed E-state index contributed by atoms with van der Waals surface area (Å²) in [6.45, 7) is 1.66. The van der Waals surface area contributed by atoms with Gasteiger partial charge in [0.2, 0.25) is 11.6 Å². The zero-order valence-electron chi connectivity index (χ0n) is 20.3. The molecule has 1 aromatic heterocycles. The number of nitrogens with one attached hydrogen (secondary N) is 2. The van der Waals surface area contributed by atoms with Crippen molar-refractivity contribution in [2.45, 2.75) is 30.7 Å². The third-order valence-corrected chi connectivity index (χ3v) is 7.19. The summed E-state index contributed by atoms with van der Waals surface area (Å²) in [6, 6.07) is 17.1. The van der Waals surface area contributed by atoms with Gasteiger partial charge in [-0.15, -0.1) is 6.42 Å². The maximum Gasteiger partial charge on any atom is 0.426 e. The Kier molecular flexibility index (Phi) is 5.78. The number of aromatic nitrogens is 1. The first-order valence-electron chi connectivity index (χ1n) is 12.2. The van der Waals surface area contributed by atoms with Gasteiger partial charge >= 0.3 is 6.18 Å². The Labute approximate surface area is 217 Å². The van der Waals surface area contributed by atoms with Crippen molar-refractivity contribution >= 4 is 17.4 Å². The van der Waals surface area contributed by atoms with Crippen molar-refractivity contribution in [1.82, 2.24) is 15.8 Å². The van der Waals surface area contributed by atoms with Crippen LogP contribution in [0.25, 0.3) is 11.3 Å². The summed E-state index contributed by atoms with van der Waals surface area (Å²) in [5.41, 5.74) is 4.92. The zero-order valence-corrected chi connectivity index (χ0v) is 20.3. The number of nitrogens with zero attached hydrogens (tertiary/aromatic N) is 3. The van der Waals surface area contributed by atoms with Crippen LogP contribution in [0.4, 0.5) is 24.7 Å². The van der Waals surface area contributed by atoms with Crippen LogP contribution >= 0.6 is 0 Å². The Morgan fingerprint density at radius 3 is 2.74 bits per heavy atom. The van der Waals surface area contributed by atoms with E-state index in [0.717, 1.165) is 24.2 Å². The Balaban J connectivity index is 1.32. The van der Waals surface area contributed by atoms with Crippen molar-refractivity contribution in [1.29, 1.82) is 0 Å². The number of hydrazine groups is 1. The van der Waals surface area contributed by atoms with E-state index in [1.807, 2.05) is 18.2 Å². The van der Waals surface area contributed by atoms with Gasteiger partial charge in [-0.1, -0.05) is 36.3 Å². The minimum Gasteiger partial charge on any atom is -0.481 e. The Hall–Kier alpha value is -4.07. The number of amides is 1. The first-order valence-corrected chi connectivity index (χ1v) is 12.2. The number of carbonyl (C=O) groups excluding carboxylic acids is 1. The van der Waals surface area contributed by atoms with E-state index in [-0.39, 0.29) is 30.5 Å². The molecule has 0 saturated carbocycles. The molecule has 2 bridgehead atoms. The van der Waals surface area contributed by atoms with Gasteiger partial charge in [0.05, 0.1) is 23.8 Å². The van der Waals surface area contributed by atoms with Crippen LogP contribution in [0, 0.1) is 12.3 Å². The van der Waals surface area contributed by atoms with E-state index < -0.39 is 11.8 Å². The van der Waals surface area contributed by atoms with Crippen LogP contribution in [0.5, 0.6) is 5.75 Å². The SMILES string of the molecule is C#CCOc1cccc(CC(=O)N2c3nc(-c4cccc(C5(C(F)(F)F)NN5)c4)ccc3N3CCC2C3)c1. The fourth-order valence-corrected chi connectivity index (χ4v) is 5.25. The van der Waals surface area contributed by atoms with E-state index >= 15 is 0 Å². The van der Waals surface area contributed by atoms with E-state index in [9.17, 15) is 18.0 Å². The minimum absolute atomic E-state index is 0.0293. The van der Waals surface area contributed by atoms with E-state index in [0.29, 0.717) is 29.4 Å². The number of alkyl halides is 3. The van der Waals surface area contributed by atoms with Crippen molar-refractivity contribution in [3.05, 3.63) is 71.8 Å². The smallest absolute Gasteiger partial charge is 0.426 e. The second-order valence-electron chi connectivity index (χ2n) is 9.59. The second kappa shape index (κ2) is 9.04. The zero-order chi connectivity index (χ0) is 26.5. The van der Waals surface area contributed by atoms with Crippen molar-refractivity contribution in [2.75, 3.05) is 29.5 Å². The summed E-state index contributed by atoms with van der Waals surface area (Å²) >= 11 is 0. The molecule has 7 nitrogen and oxygen atoms in total. The van der Waals surface area contributed by atoms with Crippen LogP contribution in [-0.2, 0) is 16.9 Å². The molecule has 2 N–H and O–H groups in total. The average Bonchev–Trinajstić information content (AvgIpc) is 3.64. The van der Waals surface area contributed by atoms with E-state index in [4.69, 9.17) is 16.1 Å². The van der Waals surface area contributed by atoms with Crippen LogP contribution in [0.3, 0.4) is 0 Å². The quantitative estimate of drug-likeness (QED) is 0.381. The van der Waals surface area contributed by atoms with Gasteiger partial charge in [-0.3, -0.25) is 9.69 Å². The molecule has 38 heavy (non-hydrogen) atoms. The normalized spacial score (nSPS) is 19.1. The number of fused-ring (bicyclic) bond motifs is 4. The molecule has 194 valence electrons. The van der Waals surface area contributed by atoms with Gasteiger partial charge in [0, 0.05) is 18.7 Å². The molecule has 1 amide bonds. The highest BCUT2D eigenvalue weighted by molar-refractivity contribution is 5.99. The fourth-order valence-electron chi connectivity index (χ4n) is 5.25. The number of hydrogen-bond donors (Lipinski definition) is 2. The second-order valence-corrected chi connectivity index (χ2v) is 9.59. The lowest BCUT2D eigenvalue weighted by Crippen LogP contribution is -2.47. The molecule has 0 spiro atoms. The number of benzene rings is 2. The Morgan fingerprint density at radius 1 is 1.16 bits per heavy atom. The van der Waals surface area contributed by atoms with Gasteiger partial charge in [-0.2, -0.15) is 13.2 Å². The lowest BCUT2D eigenvalue weighted by Gasteiger charge is -2.36. The molecular formula is C28H24F3N5O2. The topological polar surface area (TPSA) is 89.5 Å². The Morgan fingerprint density at radius 2 is 1.97 bits per heavy atom. The fraction of sp³-hybridized carbons (Fsp3) is 0.286. The predicted molar refractivity (Wildman–Crippen MR) is 136 cm³/mol. The van der Waals surface area contributed by atoms with E-state index in [2.05, 4.69) is 21.7 Å². The van der Waals surface area contributed by atoms with Crippen LogP contribution in [0.2, 0.25) is 0 Å². The molecular weight excluding hydrogens is 495 g/mol. The van der Waals surface area contributed by atoms with E-state index in [1.165, 1.54) is 12.1 Å². The summed E-state index contributed by atoms with van der Waals surface area (Å²) in [4.78, 5) is 22.4. The van der Waals surface area contributed by atoms with Crippen LogP contribution in [0.1, 0.15) is 17.5 Å². The molecule has 2 fully saturated rings. The molecule has 1 atom stereocenters. The number of hydrogen-bond acceptors (Lipinski definition) is 6. The third-order valence-electron chi connectivity index (χ3n) is 7.19. The molecule has 0 radical (unpaired) electrons. The summed E-state index contributed by atoms with van der Waals surface area (Å²) in [5.74, 6) is 3.44. The molecule has 10 heteroatoms. The van der Waals surface area contributed by atoms with E-state index in [1.54, 1.807) is 35.2 Å². The lowest BCUT2D eigenvalue weighted by molar-refractivity contribution is -0.165. The highest BCUT2D eigenvalue weighted by atomic mass is 19.4. The number of ether oxygens (including phenoxy) is 1. The summed E-state index contributed by atoms with van der Waals surface area (Å²) in [5, 5.41) is 0. The summed E-state index contributed by atoms with van der Waals surface area (Å²) in [7, 11) is 0. The summed E-state index contributed by atoms with van der Waals surface area (Å²) in [6.07, 6.45) is 1.73. The van der Waals surface area contributed by atoms with Gasteiger partial charge in [0.15, 0.2) is 5.82 Å². The molecule has 1 unspecified atom stereocenters. The van der Waals surface area contributed by atoms with Gasteiger partial charge in [-0.05, 0) is 47.9 Å². The van der Waals surface area contributed by atoms with Crippen LogP contribution in [0.15, 0.2) is 60.7 Å². The highest BCUT2D eigenvalue weighted by Gasteiger charge is 2.65. The van der Waals surface area contributed by atoms with Gasteiger partial charge in [0.25, 0.3) is 0 Å². The molecule has 2 aromatic carbocycles. The lowest BCUT2D eigenvalue weighted by atomic mass is 9.99. The molecule has 2 saturated heterocycles. The van der Waals surface area contributed by atoms with Crippen molar-refractivity contribution in [2.24, 2.45) is 0 Å². The average molecular weight is 520 g/mol. The number of halogens is 3. The van der Waals surface area contributed by atoms with Gasteiger partial charge in [0.1, 0.15) is 12.4 Å². The monoisotopic (exact) mass is 519 g/mol. The number of carbonyl (C=O) groups is 1. The van der Waals surface area contributed by atoms with Crippen LogP contribution < -0.4 is 25.4 Å². The predicted octanol–water partition coefficient (Wildman–Crippen LogP) is 3.75. The molecule has 3 aliphatic rings. The first-order chi connectivity index (χ1) is 18.3. The largest absolute Gasteiger partial charge is 0.481 e. The van der Waals surface area contributed by atoms with Gasteiger partial charge < -0.3 is 9.64 Å². The molecule has 3 aromatic rings. The molecule has 6 rings (SSSR count). The number of anilines is 2. The van der Waals surface area contributed by atoms with Gasteiger partial charge in [-0.25, -0.2) is 15.8 Å². The van der Waals surface area contributed by atoms with Crippen molar-refractivity contribution in [3.63, 3.8) is 0 Å². The number of terminal acetylenes is 1. The molecule has 4 heterocycles. The molecule has 0 aliphatic carbocycles. The van der Waals surface area contributed by atoms with Crippen molar-refractivity contribution in [3.8, 4) is 29.4 Å². The third kappa shape index (κ3) is 4.14. The van der Waals surface area contributed by atoms with Crippen LogP contribution in [-0.4, -0.2) is 42.8 Å². The highest BCUT2D eigenvalue weighted by Crippen LogP contribution is 2.44. The molecule has 3 aliphatic heterocycles. The standard InChI is InChI=1S/C28H24F3N5O2/c1-2-13-38-22-8-3-5-18(14-22)15-25(37)36-21-11-12-35(17-21)24-10-9-23(32-26(24)36)19-6-4-7-20(16-19)27(33-34-27)28(29,30)31/h1,3-10,14,16,21,33-34H,11-13,15,17H2. The maximum atomic E-state index is 13.6. The minimum atomic E-state index is -4.51. The Bertz CT molecular complexity index is 1450. The number of rotatable bonds is 6. The first kappa shape index (κ1) is 24.3.